The van der Waals surface area contributed by atoms with E-state index < -0.39 is 12.6 Å². The Morgan fingerprint density at radius 3 is 1.50 bits per heavy atom. The molecule has 3 nitrogen and oxygen atoms in total. The average molecular weight is 320 g/mol. The topological polar surface area (TPSA) is 9.49 Å². The summed E-state index contributed by atoms with van der Waals surface area (Å²) >= 11 is 0. The maximum atomic E-state index is 12.5. The molecule has 0 bridgehead atoms. The quantitative estimate of drug-likeness (QED) is 0.647. The van der Waals surface area contributed by atoms with E-state index in [1.54, 1.807) is 0 Å². The summed E-state index contributed by atoms with van der Waals surface area (Å²) in [6.07, 6.45) is -4.87. The predicted molar refractivity (Wildman–Crippen MR) is 87.3 cm³/mol. The van der Waals surface area contributed by atoms with Crippen LogP contribution in [0.2, 0.25) is 0 Å². The number of nitrogens with zero attached hydrogens (tertiary/aromatic N) is 3. The Morgan fingerprint density at radius 1 is 0.818 bits per heavy atom. The lowest BCUT2D eigenvalue weighted by Crippen LogP contribution is -2.32. The fraction of sp³-hybridized carbons (Fsp3) is 0.812. The average Bonchev–Trinajstić information content (AvgIpc) is 3.16. The molecule has 6 heteroatoms. The molecule has 22 heavy (non-hydrogen) atoms. The number of rotatable bonds is 9. The molecule has 128 valence electrons. The van der Waals surface area contributed by atoms with E-state index in [2.05, 4.69) is 37.5 Å². The summed E-state index contributed by atoms with van der Waals surface area (Å²) in [5.41, 5.74) is 2.27. The van der Waals surface area contributed by atoms with Crippen molar-refractivity contribution in [3.8, 4) is 0 Å². The summed E-state index contributed by atoms with van der Waals surface area (Å²) in [5.74, 6) is 0. The zero-order valence-electron chi connectivity index (χ0n) is 14.4. The molecule has 0 aliphatic heterocycles. The molecular formula is C16H29F3N3+. The first kappa shape index (κ1) is 18.8. The molecule has 0 saturated carbocycles. The van der Waals surface area contributed by atoms with E-state index in [1.165, 1.54) is 0 Å². The summed E-state index contributed by atoms with van der Waals surface area (Å²) in [7, 11) is 0. The smallest absolute Gasteiger partial charge is 0.365 e. The van der Waals surface area contributed by atoms with Gasteiger partial charge in [0.05, 0.1) is 0 Å². The van der Waals surface area contributed by atoms with Crippen molar-refractivity contribution in [2.24, 2.45) is 0 Å². The summed E-state index contributed by atoms with van der Waals surface area (Å²) < 4.78 is 39.5. The highest BCUT2D eigenvalue weighted by atomic mass is 19.4. The van der Waals surface area contributed by atoms with Crippen LogP contribution in [0.1, 0.15) is 41.0 Å². The van der Waals surface area contributed by atoms with Gasteiger partial charge in [0.2, 0.25) is 0 Å². The van der Waals surface area contributed by atoms with E-state index in [0.717, 1.165) is 42.9 Å². The standard InChI is InChI=1S/C16H29F3N3/c1-6-20(7-2)13-14(21(8-3)9-4)15(13)22(10-5)12-11-16(17,18)19/h6-12H2,1-5H3/q+1. The summed E-state index contributed by atoms with van der Waals surface area (Å²) in [5, 5.41) is 1.01. The normalized spacial score (nSPS) is 12.0. The molecule has 0 atom stereocenters. The van der Waals surface area contributed by atoms with Gasteiger partial charge in [-0.3, -0.25) is 0 Å². The Kier molecular flexibility index (Phi) is 6.75. The first-order valence-electron chi connectivity index (χ1n) is 8.27. The van der Waals surface area contributed by atoms with E-state index in [9.17, 15) is 13.2 Å². The maximum Gasteiger partial charge on any atom is 0.395 e. The van der Waals surface area contributed by atoms with Crippen LogP contribution in [0.15, 0.2) is 0 Å². The van der Waals surface area contributed by atoms with Crippen molar-refractivity contribution in [3.63, 3.8) is 0 Å². The number of hydrogen-bond donors (Lipinski definition) is 0. The molecule has 0 amide bonds. The summed E-state index contributed by atoms with van der Waals surface area (Å²) in [6, 6.07) is 0. The lowest BCUT2D eigenvalue weighted by atomic mass is 10.4. The van der Waals surface area contributed by atoms with Crippen LogP contribution in [0.25, 0.3) is 0 Å². The van der Waals surface area contributed by atoms with Gasteiger partial charge in [0.25, 0.3) is 5.36 Å². The van der Waals surface area contributed by atoms with Crippen LogP contribution in [0.4, 0.5) is 24.5 Å². The van der Waals surface area contributed by atoms with Gasteiger partial charge in [0.15, 0.2) is 6.54 Å². The van der Waals surface area contributed by atoms with E-state index in [0.29, 0.717) is 6.54 Å². The van der Waals surface area contributed by atoms with Crippen molar-refractivity contribution in [1.29, 1.82) is 0 Å². The van der Waals surface area contributed by atoms with Gasteiger partial charge in [-0.1, -0.05) is 0 Å². The van der Waals surface area contributed by atoms with Crippen molar-refractivity contribution in [2.45, 2.75) is 47.2 Å². The van der Waals surface area contributed by atoms with Crippen molar-refractivity contribution in [3.05, 3.63) is 5.36 Å². The molecule has 0 radical (unpaired) electrons. The Morgan fingerprint density at radius 2 is 1.23 bits per heavy atom. The molecule has 0 N–H and O–H groups in total. The Hall–Kier alpha value is -1.20. The van der Waals surface area contributed by atoms with Crippen LogP contribution in [-0.2, 0) is 0 Å². The van der Waals surface area contributed by atoms with Crippen molar-refractivity contribution in [1.82, 2.24) is 4.58 Å². The van der Waals surface area contributed by atoms with Gasteiger partial charge in [-0.15, -0.1) is 0 Å². The third-order valence-electron chi connectivity index (χ3n) is 4.13. The van der Waals surface area contributed by atoms with E-state index in [-0.39, 0.29) is 6.54 Å². The van der Waals surface area contributed by atoms with Gasteiger partial charge in [-0.05, 0) is 34.6 Å². The highest BCUT2D eigenvalue weighted by Gasteiger charge is 2.37. The first-order chi connectivity index (χ1) is 10.3. The van der Waals surface area contributed by atoms with Gasteiger partial charge in [-0.25, -0.2) is 4.58 Å². The van der Waals surface area contributed by atoms with Crippen LogP contribution in [0.5, 0.6) is 0 Å². The molecule has 0 aliphatic rings. The van der Waals surface area contributed by atoms with Crippen LogP contribution < -0.4 is 19.7 Å². The molecule has 0 spiro atoms. The van der Waals surface area contributed by atoms with E-state index in [1.807, 2.05) is 11.5 Å². The van der Waals surface area contributed by atoms with Gasteiger partial charge < -0.3 is 9.80 Å². The zero-order chi connectivity index (χ0) is 16.9. The van der Waals surface area contributed by atoms with Crippen molar-refractivity contribution >= 4 is 11.4 Å². The zero-order valence-corrected chi connectivity index (χ0v) is 14.4. The minimum atomic E-state index is -4.10. The number of halogens is 3. The van der Waals surface area contributed by atoms with Gasteiger partial charge >= 0.3 is 6.18 Å². The molecule has 0 aromatic heterocycles. The highest BCUT2D eigenvalue weighted by molar-refractivity contribution is 5.85. The van der Waals surface area contributed by atoms with Gasteiger partial charge in [0, 0.05) is 26.2 Å². The molecule has 1 rings (SSSR count). The Labute approximate surface area is 131 Å². The SMILES string of the molecule is CCN(CC)c1c(N(CC)CC)c1=[N+](CC)CCC(F)(F)F. The molecule has 0 fully saturated rings. The predicted octanol–water partition coefficient (Wildman–Crippen LogP) is 3.00. The van der Waals surface area contributed by atoms with E-state index in [4.69, 9.17) is 0 Å². The lowest BCUT2D eigenvalue weighted by molar-refractivity contribution is -0.134. The molecule has 1 aromatic carbocycles. The second-order valence-corrected chi connectivity index (χ2v) is 5.34. The van der Waals surface area contributed by atoms with Crippen LogP contribution in [0.3, 0.4) is 0 Å². The fourth-order valence-corrected chi connectivity index (χ4v) is 2.83. The van der Waals surface area contributed by atoms with Crippen LogP contribution in [0, 0.1) is 0 Å². The largest absolute Gasteiger partial charge is 0.395 e. The summed E-state index contributed by atoms with van der Waals surface area (Å²) in [6.45, 7) is 14.4. The molecule has 0 aliphatic carbocycles. The highest BCUT2D eigenvalue weighted by Crippen LogP contribution is 2.32. The Balaban J connectivity index is 3.20. The van der Waals surface area contributed by atoms with E-state index >= 15 is 0 Å². The third-order valence-corrected chi connectivity index (χ3v) is 4.13. The summed E-state index contributed by atoms with van der Waals surface area (Å²) in [4.78, 5) is 4.47. The van der Waals surface area contributed by atoms with Gasteiger partial charge in [-0.2, -0.15) is 13.2 Å². The monoisotopic (exact) mass is 320 g/mol. The first-order valence-corrected chi connectivity index (χ1v) is 8.27. The number of anilines is 2. The molecule has 1 aromatic rings. The van der Waals surface area contributed by atoms with Crippen molar-refractivity contribution < 1.29 is 13.2 Å². The molecule has 0 heterocycles. The van der Waals surface area contributed by atoms with Crippen molar-refractivity contribution in [2.75, 3.05) is 49.1 Å². The third kappa shape index (κ3) is 4.40. The number of hydrogen-bond acceptors (Lipinski definition) is 2. The second-order valence-electron chi connectivity index (χ2n) is 5.34. The number of alkyl halides is 3. The van der Waals surface area contributed by atoms with Crippen LogP contribution >= 0.6 is 0 Å². The minimum Gasteiger partial charge on any atom is -0.365 e. The van der Waals surface area contributed by atoms with Crippen LogP contribution in [-0.4, -0.2) is 45.4 Å². The molecule has 0 unspecified atom stereocenters. The molecule has 0 saturated heterocycles. The maximum absolute atomic E-state index is 12.5. The second kappa shape index (κ2) is 7.88. The van der Waals surface area contributed by atoms with Gasteiger partial charge in [0.1, 0.15) is 24.3 Å². The minimum absolute atomic E-state index is 0.0326. The Bertz CT molecular complexity index is 449. The fourth-order valence-electron chi connectivity index (χ4n) is 2.83. The molecular weight excluding hydrogens is 291 g/mol. The lowest BCUT2D eigenvalue weighted by Gasteiger charge is -2.18.